The Bertz CT molecular complexity index is 2120. The lowest BCUT2D eigenvalue weighted by Crippen LogP contribution is -2.67. The number of carbonyl (C=O) groups is 5. The molecule has 1 spiro atoms. The molecular formula is C43H52N10O5. The first kappa shape index (κ1) is 39.1. The predicted molar refractivity (Wildman–Crippen MR) is 219 cm³/mol. The number of hydrogen-bond donors (Lipinski definition) is 4. The number of aromatic nitrogens is 3. The summed E-state index contributed by atoms with van der Waals surface area (Å²) in [5.41, 5.74) is 4.38. The lowest BCUT2D eigenvalue weighted by Gasteiger charge is -2.61. The fourth-order valence-corrected chi connectivity index (χ4v) is 9.68. The van der Waals surface area contributed by atoms with Gasteiger partial charge in [-0.2, -0.15) is 4.98 Å². The van der Waals surface area contributed by atoms with Gasteiger partial charge in [0.1, 0.15) is 23.5 Å². The summed E-state index contributed by atoms with van der Waals surface area (Å²) in [6.07, 6.45) is 11.0. The first-order valence-electron chi connectivity index (χ1n) is 20.6. The Hall–Kier alpha value is -5.70. The molecule has 304 valence electrons. The highest BCUT2D eigenvalue weighted by Gasteiger charge is 2.54. The highest BCUT2D eigenvalue weighted by atomic mass is 16.2. The van der Waals surface area contributed by atoms with E-state index in [1.165, 1.54) is 12.6 Å². The summed E-state index contributed by atoms with van der Waals surface area (Å²) in [5, 5.41) is 12.2. The van der Waals surface area contributed by atoms with E-state index >= 15 is 0 Å². The molecule has 4 amide bonds. The van der Waals surface area contributed by atoms with Crippen LogP contribution in [0.3, 0.4) is 0 Å². The van der Waals surface area contributed by atoms with Crippen molar-refractivity contribution in [1.82, 2.24) is 35.4 Å². The molecule has 2 aromatic heterocycles. The molecule has 1 saturated carbocycles. The van der Waals surface area contributed by atoms with Crippen LogP contribution < -0.4 is 26.2 Å². The molecule has 2 aliphatic carbocycles. The smallest absolute Gasteiger partial charge is 0.264 e. The summed E-state index contributed by atoms with van der Waals surface area (Å²) >= 11 is 0. The van der Waals surface area contributed by atoms with Gasteiger partial charge in [-0.1, -0.05) is 25.1 Å². The molecule has 5 heterocycles. The number of fused-ring (bicyclic) bond motifs is 2. The average Bonchev–Trinajstić information content (AvgIpc) is 3.74. The number of likely N-dealkylation sites (tertiary alicyclic amines) is 1. The van der Waals surface area contributed by atoms with Crippen LogP contribution in [0.2, 0.25) is 0 Å². The summed E-state index contributed by atoms with van der Waals surface area (Å²) in [4.78, 5) is 83.9. The Labute approximate surface area is 338 Å². The lowest BCUT2D eigenvalue weighted by atomic mass is 9.60. The van der Waals surface area contributed by atoms with Gasteiger partial charge in [0.25, 0.3) is 17.7 Å². The van der Waals surface area contributed by atoms with E-state index in [4.69, 9.17) is 9.97 Å². The van der Waals surface area contributed by atoms with E-state index in [0.717, 1.165) is 87.4 Å². The van der Waals surface area contributed by atoms with Crippen molar-refractivity contribution in [2.24, 2.45) is 5.41 Å². The fraction of sp³-hybridized carbons (Fsp3) is 0.488. The van der Waals surface area contributed by atoms with Crippen LogP contribution in [0.4, 0.5) is 23.3 Å². The molecule has 0 bridgehead atoms. The number of pyridine rings is 1. The fourth-order valence-electron chi connectivity index (χ4n) is 9.68. The SMILES string of the molecule is C=CCNC(=O)c1cnc(NC2CC3(C2)CN(C2CCN(c4cccc5c4C(=O)N(C(C=O)CCC(=O)NC)C5=O)CC2)C3)nc1Nc1ccc2c(n1)C(CC)CC2. The van der Waals surface area contributed by atoms with Crippen molar-refractivity contribution < 1.29 is 24.0 Å². The number of benzene rings is 1. The second kappa shape index (κ2) is 16.3. The van der Waals surface area contributed by atoms with Crippen molar-refractivity contribution in [1.29, 1.82) is 0 Å². The van der Waals surface area contributed by atoms with Gasteiger partial charge in [0.15, 0.2) is 0 Å². The third-order valence-electron chi connectivity index (χ3n) is 12.8. The second-order valence-electron chi connectivity index (χ2n) is 16.4. The zero-order valence-corrected chi connectivity index (χ0v) is 33.3. The van der Waals surface area contributed by atoms with Gasteiger partial charge in [-0.25, -0.2) is 9.97 Å². The van der Waals surface area contributed by atoms with E-state index in [2.05, 4.69) is 55.6 Å². The van der Waals surface area contributed by atoms with Crippen LogP contribution in [-0.2, 0) is 16.0 Å². The normalized spacial score (nSPS) is 20.5. The molecule has 3 fully saturated rings. The Balaban J connectivity index is 0.853. The first-order valence-corrected chi connectivity index (χ1v) is 20.6. The van der Waals surface area contributed by atoms with Crippen LogP contribution in [-0.4, -0.2) is 113 Å². The maximum Gasteiger partial charge on any atom is 0.264 e. The molecule has 3 aromatic rings. The van der Waals surface area contributed by atoms with Gasteiger partial charge in [0.05, 0.1) is 22.9 Å². The van der Waals surface area contributed by atoms with Gasteiger partial charge in [-0.3, -0.25) is 29.0 Å². The Morgan fingerprint density at radius 3 is 2.57 bits per heavy atom. The van der Waals surface area contributed by atoms with Gasteiger partial charge in [0.2, 0.25) is 11.9 Å². The maximum atomic E-state index is 13.7. The van der Waals surface area contributed by atoms with E-state index in [0.29, 0.717) is 59.1 Å². The molecule has 15 nitrogen and oxygen atoms in total. The molecule has 3 aliphatic heterocycles. The van der Waals surface area contributed by atoms with Crippen molar-refractivity contribution in [3.63, 3.8) is 0 Å². The Kier molecular flexibility index (Phi) is 11.0. The number of aldehydes is 1. The molecule has 15 heteroatoms. The summed E-state index contributed by atoms with van der Waals surface area (Å²) in [5.74, 6) is 0.468. The Morgan fingerprint density at radius 2 is 1.84 bits per heavy atom. The predicted octanol–water partition coefficient (Wildman–Crippen LogP) is 4.21. The Morgan fingerprint density at radius 1 is 1.05 bits per heavy atom. The first-order chi connectivity index (χ1) is 28.1. The molecule has 8 rings (SSSR count). The molecule has 2 saturated heterocycles. The number of rotatable bonds is 15. The van der Waals surface area contributed by atoms with E-state index in [1.54, 1.807) is 24.4 Å². The van der Waals surface area contributed by atoms with Gasteiger partial charge < -0.3 is 31.0 Å². The quantitative estimate of drug-likeness (QED) is 0.0981. The van der Waals surface area contributed by atoms with Crippen LogP contribution in [0.5, 0.6) is 0 Å². The van der Waals surface area contributed by atoms with Crippen LogP contribution in [0.1, 0.15) is 107 Å². The van der Waals surface area contributed by atoms with E-state index in [-0.39, 0.29) is 36.1 Å². The molecule has 1 aromatic carbocycles. The number of piperidine rings is 1. The van der Waals surface area contributed by atoms with Crippen molar-refractivity contribution in [3.05, 3.63) is 77.1 Å². The molecule has 4 N–H and O–H groups in total. The van der Waals surface area contributed by atoms with Crippen molar-refractivity contribution in [2.45, 2.75) is 88.8 Å². The largest absolute Gasteiger partial charge is 0.371 e. The van der Waals surface area contributed by atoms with Gasteiger partial charge in [-0.05, 0) is 80.5 Å². The monoisotopic (exact) mass is 788 g/mol. The van der Waals surface area contributed by atoms with Gasteiger partial charge >= 0.3 is 0 Å². The average molecular weight is 789 g/mol. The van der Waals surface area contributed by atoms with E-state index in [1.807, 2.05) is 12.1 Å². The highest BCUT2D eigenvalue weighted by Crippen LogP contribution is 2.50. The number of nitrogens with one attached hydrogen (secondary N) is 4. The van der Waals surface area contributed by atoms with Crippen molar-refractivity contribution in [2.75, 3.05) is 55.3 Å². The summed E-state index contributed by atoms with van der Waals surface area (Å²) in [7, 11) is 1.51. The zero-order valence-electron chi connectivity index (χ0n) is 33.3. The minimum Gasteiger partial charge on any atom is -0.371 e. The third-order valence-corrected chi connectivity index (χ3v) is 12.8. The van der Waals surface area contributed by atoms with Gasteiger partial charge in [-0.15, -0.1) is 6.58 Å². The zero-order chi connectivity index (χ0) is 40.6. The summed E-state index contributed by atoms with van der Waals surface area (Å²) < 4.78 is 0. The maximum absolute atomic E-state index is 13.7. The molecule has 58 heavy (non-hydrogen) atoms. The topological polar surface area (TPSA) is 182 Å². The number of carbonyl (C=O) groups excluding carboxylic acids is 5. The molecule has 2 atom stereocenters. The molecule has 5 aliphatic rings. The standard InChI is InChI=1S/C43H52N10O5/c1-4-17-45-39(56)32-22-46-42(50-38(32)49-34-13-11-27-10-9-26(5-2)37(27)48-34)47-28-20-43(21-28)24-52(25-43)29-15-18-51(19-16-29)33-8-6-7-31-36(33)41(58)53(40(31)57)30(23-54)12-14-35(55)44-3/h4,6-8,11,13,22-23,26,28-30H,1,5,9-10,12,14-21,24-25H2,2-3H3,(H,44,55)(H,45,56)(H2,46,47,48,49,50). The molecule has 2 unspecified atom stereocenters. The minimum atomic E-state index is -1.00. The molecule has 0 radical (unpaired) electrons. The minimum absolute atomic E-state index is 0.0373. The number of aryl methyl sites for hydroxylation is 1. The van der Waals surface area contributed by atoms with Crippen molar-refractivity contribution in [3.8, 4) is 0 Å². The van der Waals surface area contributed by atoms with E-state index in [9.17, 15) is 24.0 Å². The van der Waals surface area contributed by atoms with Gasteiger partial charge in [0, 0.05) is 76.1 Å². The van der Waals surface area contributed by atoms with Crippen LogP contribution in [0.15, 0.2) is 49.2 Å². The summed E-state index contributed by atoms with van der Waals surface area (Å²) in [6, 6.07) is 9.04. The van der Waals surface area contributed by atoms with Crippen LogP contribution >= 0.6 is 0 Å². The van der Waals surface area contributed by atoms with Crippen molar-refractivity contribution >= 4 is 53.2 Å². The van der Waals surface area contributed by atoms with Crippen LogP contribution in [0.25, 0.3) is 0 Å². The lowest BCUT2D eigenvalue weighted by molar-refractivity contribution is -0.121. The summed E-state index contributed by atoms with van der Waals surface area (Å²) in [6.45, 7) is 9.78. The second-order valence-corrected chi connectivity index (χ2v) is 16.4. The van der Waals surface area contributed by atoms with E-state index < -0.39 is 17.9 Å². The number of imide groups is 1. The van der Waals surface area contributed by atoms with Crippen LogP contribution in [0, 0.1) is 5.41 Å². The number of anilines is 4. The highest BCUT2D eigenvalue weighted by molar-refractivity contribution is 6.24. The third kappa shape index (κ3) is 7.43. The number of hydrogen-bond acceptors (Lipinski definition) is 12. The molecular weight excluding hydrogens is 737 g/mol. The number of nitrogens with zero attached hydrogens (tertiary/aromatic N) is 6. The number of amides is 4.